The van der Waals surface area contributed by atoms with Gasteiger partial charge in [-0.2, -0.15) is 0 Å². The Morgan fingerprint density at radius 1 is 1.21 bits per heavy atom. The molecule has 1 aromatic rings. The van der Waals surface area contributed by atoms with Gasteiger partial charge in [-0.1, -0.05) is 25.0 Å². The number of guanidine groups is 1. The third-order valence-electron chi connectivity index (χ3n) is 6.79. The van der Waals surface area contributed by atoms with Gasteiger partial charge in [0.05, 0.1) is 19.3 Å². The quantitative estimate of drug-likeness (QED) is 0.377. The number of nitrogens with one attached hydrogen (secondary N) is 1. The van der Waals surface area contributed by atoms with Crippen LogP contribution in [0.3, 0.4) is 0 Å². The van der Waals surface area contributed by atoms with E-state index in [0.717, 1.165) is 57.5 Å². The number of aliphatic imine (C=N–C) groups is 1. The molecule has 0 aromatic heterocycles. The van der Waals surface area contributed by atoms with Crippen LogP contribution in [0, 0.1) is 11.2 Å². The van der Waals surface area contributed by atoms with Crippen molar-refractivity contribution in [3.8, 4) is 0 Å². The van der Waals surface area contributed by atoms with Crippen LogP contribution in [0.1, 0.15) is 43.7 Å². The largest absolute Gasteiger partial charge is 0.379 e. The summed E-state index contributed by atoms with van der Waals surface area (Å²) in [6.07, 6.45) is 6.75. The van der Waals surface area contributed by atoms with Crippen molar-refractivity contribution in [3.05, 3.63) is 35.6 Å². The normalized spacial score (nSPS) is 23.2. The van der Waals surface area contributed by atoms with Crippen LogP contribution in [0.2, 0.25) is 0 Å². The lowest BCUT2D eigenvalue weighted by Gasteiger charge is -2.36. The molecule has 0 bridgehead atoms. The van der Waals surface area contributed by atoms with Crippen molar-refractivity contribution in [3.63, 3.8) is 0 Å². The Labute approximate surface area is 191 Å². The minimum absolute atomic E-state index is 0. The van der Waals surface area contributed by atoms with Gasteiger partial charge in [0.1, 0.15) is 5.82 Å². The number of benzene rings is 1. The molecule has 1 atom stereocenters. The van der Waals surface area contributed by atoms with Crippen LogP contribution in [0.15, 0.2) is 29.3 Å². The molecule has 1 N–H and O–H groups in total. The lowest BCUT2D eigenvalue weighted by molar-refractivity contribution is 0.0168. The lowest BCUT2D eigenvalue weighted by Crippen LogP contribution is -2.47. The van der Waals surface area contributed by atoms with E-state index in [-0.39, 0.29) is 35.8 Å². The number of hydrogen-bond acceptors (Lipinski definition) is 3. The summed E-state index contributed by atoms with van der Waals surface area (Å²) in [6.45, 7) is 6.13. The fourth-order valence-corrected chi connectivity index (χ4v) is 5.23. The molecular weight excluding hydrogens is 482 g/mol. The molecule has 1 unspecified atom stereocenters. The van der Waals surface area contributed by atoms with E-state index in [4.69, 9.17) is 4.74 Å². The second-order valence-electron chi connectivity index (χ2n) is 8.53. The second-order valence-corrected chi connectivity index (χ2v) is 8.53. The standard InChI is InChI=1S/C22H33FN4O.HI/c1-24-21(27-10-9-22(17-27)7-2-3-8-22)25-16-20(26-11-13-28-14-12-26)18-5-4-6-19(23)15-18;/h4-6,15,20H,2-3,7-14,16-17H2,1H3,(H,24,25);1H. The average Bonchev–Trinajstić information content (AvgIpc) is 3.36. The summed E-state index contributed by atoms with van der Waals surface area (Å²) in [4.78, 5) is 9.38. The van der Waals surface area contributed by atoms with Crippen LogP contribution in [-0.4, -0.2) is 68.7 Å². The molecule has 3 fully saturated rings. The van der Waals surface area contributed by atoms with Crippen LogP contribution >= 0.6 is 24.0 Å². The molecule has 0 radical (unpaired) electrons. The molecule has 162 valence electrons. The van der Waals surface area contributed by atoms with Gasteiger partial charge in [-0.3, -0.25) is 9.89 Å². The van der Waals surface area contributed by atoms with Crippen molar-refractivity contribution < 1.29 is 9.13 Å². The maximum Gasteiger partial charge on any atom is 0.193 e. The summed E-state index contributed by atoms with van der Waals surface area (Å²) in [5.41, 5.74) is 1.53. The van der Waals surface area contributed by atoms with Gasteiger partial charge in [0, 0.05) is 39.8 Å². The summed E-state index contributed by atoms with van der Waals surface area (Å²) in [5.74, 6) is 0.807. The fourth-order valence-electron chi connectivity index (χ4n) is 5.23. The predicted molar refractivity (Wildman–Crippen MR) is 125 cm³/mol. The van der Waals surface area contributed by atoms with Crippen molar-refractivity contribution in [2.75, 3.05) is 53.0 Å². The first-order chi connectivity index (χ1) is 13.7. The van der Waals surface area contributed by atoms with E-state index in [0.29, 0.717) is 5.41 Å². The highest BCUT2D eigenvalue weighted by Crippen LogP contribution is 2.45. The molecule has 1 saturated carbocycles. The Morgan fingerprint density at radius 3 is 2.66 bits per heavy atom. The molecule has 1 aromatic carbocycles. The predicted octanol–water partition coefficient (Wildman–Crippen LogP) is 3.66. The highest BCUT2D eigenvalue weighted by Gasteiger charge is 2.41. The minimum Gasteiger partial charge on any atom is -0.379 e. The third-order valence-corrected chi connectivity index (χ3v) is 6.79. The zero-order chi connectivity index (χ0) is 19.4. The van der Waals surface area contributed by atoms with Gasteiger partial charge in [0.15, 0.2) is 5.96 Å². The number of nitrogens with zero attached hydrogens (tertiary/aromatic N) is 3. The van der Waals surface area contributed by atoms with Gasteiger partial charge in [-0.15, -0.1) is 24.0 Å². The molecule has 2 heterocycles. The van der Waals surface area contributed by atoms with Crippen molar-refractivity contribution >= 4 is 29.9 Å². The van der Waals surface area contributed by atoms with Crippen molar-refractivity contribution in [2.45, 2.75) is 38.1 Å². The Bertz CT molecular complexity index is 689. The average molecular weight is 516 g/mol. The highest BCUT2D eigenvalue weighted by atomic mass is 127. The summed E-state index contributed by atoms with van der Waals surface area (Å²) in [6, 6.07) is 7.11. The minimum atomic E-state index is -0.178. The summed E-state index contributed by atoms with van der Waals surface area (Å²) >= 11 is 0. The molecule has 0 amide bonds. The number of rotatable bonds is 4. The van der Waals surface area contributed by atoms with Gasteiger partial charge in [-0.05, 0) is 42.4 Å². The van der Waals surface area contributed by atoms with Crippen molar-refractivity contribution in [2.24, 2.45) is 10.4 Å². The molecule has 5 nitrogen and oxygen atoms in total. The van der Waals surface area contributed by atoms with E-state index < -0.39 is 0 Å². The van der Waals surface area contributed by atoms with E-state index in [1.807, 2.05) is 13.1 Å². The van der Waals surface area contributed by atoms with E-state index in [1.165, 1.54) is 38.2 Å². The van der Waals surface area contributed by atoms with Crippen LogP contribution in [0.4, 0.5) is 4.39 Å². The summed E-state index contributed by atoms with van der Waals surface area (Å²) in [7, 11) is 1.87. The van der Waals surface area contributed by atoms with Gasteiger partial charge in [-0.25, -0.2) is 4.39 Å². The lowest BCUT2D eigenvalue weighted by atomic mass is 9.86. The summed E-state index contributed by atoms with van der Waals surface area (Å²) in [5, 5.41) is 3.60. The third kappa shape index (κ3) is 5.41. The first-order valence-electron chi connectivity index (χ1n) is 10.7. The Morgan fingerprint density at radius 2 is 1.97 bits per heavy atom. The molecule has 1 aliphatic carbocycles. The van der Waals surface area contributed by atoms with Crippen molar-refractivity contribution in [1.82, 2.24) is 15.1 Å². The molecule has 29 heavy (non-hydrogen) atoms. The van der Waals surface area contributed by atoms with Gasteiger partial charge in [0.2, 0.25) is 0 Å². The molecule has 3 aliphatic rings. The van der Waals surface area contributed by atoms with Crippen LogP contribution in [-0.2, 0) is 4.74 Å². The maximum absolute atomic E-state index is 13.9. The van der Waals surface area contributed by atoms with E-state index >= 15 is 0 Å². The fraction of sp³-hybridized carbons (Fsp3) is 0.682. The first kappa shape index (κ1) is 22.7. The van der Waals surface area contributed by atoms with Crippen molar-refractivity contribution in [1.29, 1.82) is 0 Å². The zero-order valence-electron chi connectivity index (χ0n) is 17.4. The van der Waals surface area contributed by atoms with Gasteiger partial charge < -0.3 is 15.0 Å². The SMILES string of the molecule is CN=C(NCC(c1cccc(F)c1)N1CCOCC1)N1CCC2(CCCC2)C1.I. The van der Waals surface area contributed by atoms with Gasteiger partial charge in [0.25, 0.3) is 0 Å². The molecule has 7 heteroatoms. The maximum atomic E-state index is 13.9. The van der Waals surface area contributed by atoms with E-state index in [2.05, 4.69) is 20.1 Å². The van der Waals surface area contributed by atoms with Crippen LogP contribution in [0.5, 0.6) is 0 Å². The molecule has 2 aliphatic heterocycles. The van der Waals surface area contributed by atoms with E-state index in [9.17, 15) is 4.39 Å². The zero-order valence-corrected chi connectivity index (χ0v) is 19.7. The topological polar surface area (TPSA) is 40.1 Å². The molecule has 1 spiro atoms. The molecule has 4 rings (SSSR count). The van der Waals surface area contributed by atoms with Crippen LogP contribution in [0.25, 0.3) is 0 Å². The Kier molecular flexibility index (Phi) is 8.15. The smallest absolute Gasteiger partial charge is 0.193 e. The molecule has 2 saturated heterocycles. The number of hydrogen-bond donors (Lipinski definition) is 1. The second kappa shape index (κ2) is 10.4. The Balaban J connectivity index is 0.00000240. The monoisotopic (exact) mass is 516 g/mol. The number of ether oxygens (including phenoxy) is 1. The van der Waals surface area contributed by atoms with Gasteiger partial charge >= 0.3 is 0 Å². The Hall–Kier alpha value is -0.930. The highest BCUT2D eigenvalue weighted by molar-refractivity contribution is 14.0. The first-order valence-corrected chi connectivity index (χ1v) is 10.7. The summed E-state index contributed by atoms with van der Waals surface area (Å²) < 4.78 is 19.4. The number of halogens is 2. The number of likely N-dealkylation sites (tertiary alicyclic amines) is 1. The van der Waals surface area contributed by atoms with Crippen LogP contribution < -0.4 is 5.32 Å². The number of morpholine rings is 1. The molecular formula is C22H34FIN4O. The van der Waals surface area contributed by atoms with E-state index in [1.54, 1.807) is 12.1 Å².